The minimum atomic E-state index is 0.573. The number of nitrogens with zero attached hydrogens (tertiary/aromatic N) is 2. The molecular formula is C11H20N4O. The zero-order valence-corrected chi connectivity index (χ0v) is 10.2. The SMILES string of the molecule is Cc1nc(NN)cc(OCCCC(C)C)n1. The number of aryl methyl sites for hydroxylation is 1. The average molecular weight is 224 g/mol. The van der Waals surface area contributed by atoms with E-state index in [1.54, 1.807) is 6.07 Å². The Hall–Kier alpha value is -1.36. The fourth-order valence-electron chi connectivity index (χ4n) is 1.36. The molecule has 0 aromatic carbocycles. The third-order valence-corrected chi connectivity index (χ3v) is 2.14. The quantitative estimate of drug-likeness (QED) is 0.438. The maximum atomic E-state index is 5.53. The number of aromatic nitrogens is 2. The van der Waals surface area contributed by atoms with E-state index >= 15 is 0 Å². The predicted octanol–water partition coefficient (Wildman–Crippen LogP) is 1.89. The summed E-state index contributed by atoms with van der Waals surface area (Å²) in [5, 5.41) is 0. The van der Waals surface area contributed by atoms with E-state index in [2.05, 4.69) is 29.2 Å². The molecule has 0 aliphatic rings. The van der Waals surface area contributed by atoms with Gasteiger partial charge in [0.25, 0.3) is 0 Å². The van der Waals surface area contributed by atoms with Gasteiger partial charge in [-0.25, -0.2) is 10.8 Å². The van der Waals surface area contributed by atoms with Gasteiger partial charge in [0.2, 0.25) is 5.88 Å². The summed E-state index contributed by atoms with van der Waals surface area (Å²) in [5.74, 6) is 7.79. The predicted molar refractivity (Wildman–Crippen MR) is 64.1 cm³/mol. The molecule has 1 heterocycles. The molecule has 16 heavy (non-hydrogen) atoms. The van der Waals surface area contributed by atoms with Crippen LogP contribution in [0, 0.1) is 12.8 Å². The minimum absolute atomic E-state index is 0.573. The number of nitrogens with two attached hydrogens (primary N) is 1. The summed E-state index contributed by atoms with van der Waals surface area (Å²) in [4.78, 5) is 8.25. The zero-order chi connectivity index (χ0) is 12.0. The van der Waals surface area contributed by atoms with Crippen LogP contribution in [0.3, 0.4) is 0 Å². The second-order valence-electron chi connectivity index (χ2n) is 4.17. The minimum Gasteiger partial charge on any atom is -0.478 e. The van der Waals surface area contributed by atoms with Gasteiger partial charge in [0.15, 0.2) is 0 Å². The Morgan fingerprint density at radius 3 is 2.81 bits per heavy atom. The molecule has 0 saturated carbocycles. The van der Waals surface area contributed by atoms with Gasteiger partial charge in [0, 0.05) is 6.07 Å². The normalized spacial score (nSPS) is 10.6. The molecule has 0 unspecified atom stereocenters. The van der Waals surface area contributed by atoms with Crippen LogP contribution in [-0.2, 0) is 0 Å². The Balaban J connectivity index is 2.44. The van der Waals surface area contributed by atoms with Crippen LogP contribution in [0.4, 0.5) is 5.82 Å². The summed E-state index contributed by atoms with van der Waals surface area (Å²) >= 11 is 0. The van der Waals surface area contributed by atoms with Gasteiger partial charge < -0.3 is 10.2 Å². The molecule has 3 N–H and O–H groups in total. The standard InChI is InChI=1S/C11H20N4O/c1-8(2)5-4-6-16-11-7-10(15-12)13-9(3)14-11/h7-8H,4-6,12H2,1-3H3,(H,13,14,15). The highest BCUT2D eigenvalue weighted by atomic mass is 16.5. The van der Waals surface area contributed by atoms with Gasteiger partial charge in [0.05, 0.1) is 6.61 Å². The number of hydrogen-bond acceptors (Lipinski definition) is 5. The van der Waals surface area contributed by atoms with Crippen LogP contribution in [0.2, 0.25) is 0 Å². The molecule has 0 bridgehead atoms. The first kappa shape index (κ1) is 12.7. The molecule has 1 aromatic heterocycles. The highest BCUT2D eigenvalue weighted by Gasteiger charge is 2.02. The molecule has 0 aliphatic heterocycles. The van der Waals surface area contributed by atoms with Crippen molar-refractivity contribution >= 4 is 5.82 Å². The van der Waals surface area contributed by atoms with Gasteiger partial charge in [-0.05, 0) is 25.7 Å². The highest BCUT2D eigenvalue weighted by molar-refractivity contribution is 5.36. The van der Waals surface area contributed by atoms with E-state index in [4.69, 9.17) is 10.6 Å². The van der Waals surface area contributed by atoms with Crippen LogP contribution >= 0.6 is 0 Å². The van der Waals surface area contributed by atoms with Crippen LogP contribution in [0.15, 0.2) is 6.07 Å². The van der Waals surface area contributed by atoms with Crippen LogP contribution in [0.5, 0.6) is 5.88 Å². The molecule has 0 amide bonds. The molecule has 0 aliphatic carbocycles. The van der Waals surface area contributed by atoms with Crippen molar-refractivity contribution in [3.63, 3.8) is 0 Å². The maximum Gasteiger partial charge on any atom is 0.218 e. The van der Waals surface area contributed by atoms with Crippen molar-refractivity contribution in [2.45, 2.75) is 33.6 Å². The van der Waals surface area contributed by atoms with Gasteiger partial charge >= 0.3 is 0 Å². The molecule has 0 spiro atoms. The summed E-state index contributed by atoms with van der Waals surface area (Å²) in [5.41, 5.74) is 2.49. The Morgan fingerprint density at radius 1 is 1.44 bits per heavy atom. The third kappa shape index (κ3) is 4.44. The van der Waals surface area contributed by atoms with E-state index < -0.39 is 0 Å². The largest absolute Gasteiger partial charge is 0.478 e. The van der Waals surface area contributed by atoms with Crippen LogP contribution < -0.4 is 16.0 Å². The first-order chi connectivity index (χ1) is 7.61. The van der Waals surface area contributed by atoms with Crippen molar-refractivity contribution in [1.29, 1.82) is 0 Å². The maximum absolute atomic E-state index is 5.53. The lowest BCUT2D eigenvalue weighted by Gasteiger charge is -2.08. The molecule has 5 heteroatoms. The fourth-order valence-corrected chi connectivity index (χ4v) is 1.36. The second-order valence-corrected chi connectivity index (χ2v) is 4.17. The van der Waals surface area contributed by atoms with Crippen LogP contribution in [0.25, 0.3) is 0 Å². The summed E-state index contributed by atoms with van der Waals surface area (Å²) in [6.07, 6.45) is 2.19. The van der Waals surface area contributed by atoms with Crippen molar-refractivity contribution in [3.8, 4) is 5.88 Å². The number of hydrazine groups is 1. The van der Waals surface area contributed by atoms with E-state index in [-0.39, 0.29) is 0 Å². The van der Waals surface area contributed by atoms with Crippen LogP contribution in [-0.4, -0.2) is 16.6 Å². The first-order valence-corrected chi connectivity index (χ1v) is 5.57. The highest BCUT2D eigenvalue weighted by Crippen LogP contribution is 2.13. The third-order valence-electron chi connectivity index (χ3n) is 2.14. The molecule has 90 valence electrons. The van der Waals surface area contributed by atoms with E-state index in [9.17, 15) is 0 Å². The lowest BCUT2D eigenvalue weighted by molar-refractivity contribution is 0.286. The van der Waals surface area contributed by atoms with Gasteiger partial charge in [-0.15, -0.1) is 0 Å². The number of anilines is 1. The van der Waals surface area contributed by atoms with E-state index in [0.717, 1.165) is 12.8 Å². The summed E-state index contributed by atoms with van der Waals surface area (Å²) in [6.45, 7) is 6.89. The topological polar surface area (TPSA) is 73.1 Å². The zero-order valence-electron chi connectivity index (χ0n) is 10.2. The summed E-state index contributed by atoms with van der Waals surface area (Å²) in [6, 6.07) is 1.70. The second kappa shape index (κ2) is 6.27. The van der Waals surface area contributed by atoms with Crippen molar-refractivity contribution in [3.05, 3.63) is 11.9 Å². The van der Waals surface area contributed by atoms with Gasteiger partial charge in [-0.3, -0.25) is 0 Å². The lowest BCUT2D eigenvalue weighted by Crippen LogP contribution is -2.10. The van der Waals surface area contributed by atoms with E-state index in [1.165, 1.54) is 0 Å². The molecule has 0 radical (unpaired) electrons. The summed E-state index contributed by atoms with van der Waals surface area (Å²) in [7, 11) is 0. The van der Waals surface area contributed by atoms with E-state index in [0.29, 0.717) is 30.0 Å². The molecule has 1 rings (SSSR count). The number of nitrogen functional groups attached to an aromatic ring is 1. The van der Waals surface area contributed by atoms with Gasteiger partial charge in [-0.1, -0.05) is 13.8 Å². The van der Waals surface area contributed by atoms with E-state index in [1.807, 2.05) is 6.92 Å². The van der Waals surface area contributed by atoms with Crippen molar-refractivity contribution in [1.82, 2.24) is 9.97 Å². The molecule has 0 fully saturated rings. The number of rotatable bonds is 6. The molecule has 5 nitrogen and oxygen atoms in total. The van der Waals surface area contributed by atoms with Gasteiger partial charge in [-0.2, -0.15) is 4.98 Å². The molecule has 0 atom stereocenters. The van der Waals surface area contributed by atoms with Crippen LogP contribution in [0.1, 0.15) is 32.5 Å². The van der Waals surface area contributed by atoms with Crippen molar-refractivity contribution in [2.24, 2.45) is 11.8 Å². The smallest absolute Gasteiger partial charge is 0.218 e. The lowest BCUT2D eigenvalue weighted by atomic mass is 10.1. The molecular weight excluding hydrogens is 204 g/mol. The summed E-state index contributed by atoms with van der Waals surface area (Å²) < 4.78 is 5.53. The molecule has 1 aromatic rings. The monoisotopic (exact) mass is 224 g/mol. The Bertz CT molecular complexity index is 328. The first-order valence-electron chi connectivity index (χ1n) is 5.57. The Labute approximate surface area is 96.4 Å². The fraction of sp³-hybridized carbons (Fsp3) is 0.636. The van der Waals surface area contributed by atoms with Gasteiger partial charge in [0.1, 0.15) is 11.6 Å². The number of ether oxygens (including phenoxy) is 1. The number of nitrogens with one attached hydrogen (secondary N) is 1. The average Bonchev–Trinajstić information content (AvgIpc) is 2.23. The van der Waals surface area contributed by atoms with Crippen molar-refractivity contribution in [2.75, 3.05) is 12.0 Å². The number of hydrogen-bond donors (Lipinski definition) is 2. The Morgan fingerprint density at radius 2 is 2.19 bits per heavy atom. The van der Waals surface area contributed by atoms with Crippen molar-refractivity contribution < 1.29 is 4.74 Å². The molecule has 0 saturated heterocycles. The Kier molecular flexibility index (Phi) is 4.98.